The predicted molar refractivity (Wildman–Crippen MR) is 118 cm³/mol. The van der Waals surface area contributed by atoms with Gasteiger partial charge in [0.1, 0.15) is 5.82 Å². The Kier molecular flexibility index (Phi) is 6.15. The number of aromatic amines is 1. The Bertz CT molecular complexity index is 1170. The van der Waals surface area contributed by atoms with E-state index in [2.05, 4.69) is 30.7 Å². The molecule has 1 aromatic carbocycles. The molecule has 0 fully saturated rings. The molecular weight excluding hydrogens is 402 g/mol. The van der Waals surface area contributed by atoms with Gasteiger partial charge >= 0.3 is 0 Å². The second-order valence-corrected chi connectivity index (χ2v) is 7.36. The molecule has 0 unspecified atom stereocenters. The molecule has 30 heavy (non-hydrogen) atoms. The number of aromatic nitrogens is 5. The number of benzene rings is 1. The van der Waals surface area contributed by atoms with Crippen molar-refractivity contribution in [3.05, 3.63) is 42.2 Å². The van der Waals surface area contributed by atoms with Crippen molar-refractivity contribution in [1.82, 2.24) is 30.0 Å². The largest absolute Gasteiger partial charge is 0.383 e. The zero-order chi connectivity index (χ0) is 20.9. The summed E-state index contributed by atoms with van der Waals surface area (Å²) in [7, 11) is 1.66. The van der Waals surface area contributed by atoms with Gasteiger partial charge in [-0.25, -0.2) is 14.6 Å². The van der Waals surface area contributed by atoms with Crippen molar-refractivity contribution in [3.8, 4) is 0 Å². The number of fused-ring (bicyclic) bond motifs is 2. The number of para-hydroxylation sites is 1. The monoisotopic (exact) mass is 425 g/mol. The Labute approximate surface area is 177 Å². The number of thioether (sulfide) groups is 1. The third kappa shape index (κ3) is 4.10. The van der Waals surface area contributed by atoms with Crippen LogP contribution in [0.4, 0.5) is 5.82 Å². The van der Waals surface area contributed by atoms with E-state index in [1.165, 1.54) is 11.8 Å². The molecule has 4 aromatic rings. The highest BCUT2D eigenvalue weighted by molar-refractivity contribution is 7.98. The lowest BCUT2D eigenvalue weighted by Gasteiger charge is -2.09. The number of methoxy groups -OCH3 is 1. The molecule has 0 bridgehead atoms. The van der Waals surface area contributed by atoms with Crippen LogP contribution < -0.4 is 10.6 Å². The van der Waals surface area contributed by atoms with E-state index in [1.807, 2.05) is 30.5 Å². The normalized spacial score (nSPS) is 11.3. The van der Waals surface area contributed by atoms with Gasteiger partial charge in [0.25, 0.3) is 5.91 Å². The maximum Gasteiger partial charge on any atom is 0.253 e. The summed E-state index contributed by atoms with van der Waals surface area (Å²) < 4.78 is 6.88. The van der Waals surface area contributed by atoms with Crippen molar-refractivity contribution < 1.29 is 9.53 Å². The Hall–Kier alpha value is -3.11. The van der Waals surface area contributed by atoms with Gasteiger partial charge in [0.2, 0.25) is 0 Å². The van der Waals surface area contributed by atoms with Gasteiger partial charge in [-0.2, -0.15) is 5.10 Å². The zero-order valence-corrected chi connectivity index (χ0v) is 17.6. The molecule has 3 N–H and O–H groups in total. The molecule has 4 rings (SSSR count). The highest BCUT2D eigenvalue weighted by Crippen LogP contribution is 2.23. The topological polar surface area (TPSA) is 110 Å². The van der Waals surface area contributed by atoms with E-state index in [0.717, 1.165) is 27.8 Å². The second-order valence-electron chi connectivity index (χ2n) is 6.59. The number of nitrogens with zero attached hydrogens (tertiary/aromatic N) is 4. The van der Waals surface area contributed by atoms with Crippen molar-refractivity contribution in [2.45, 2.75) is 11.7 Å². The van der Waals surface area contributed by atoms with Crippen LogP contribution >= 0.6 is 11.8 Å². The van der Waals surface area contributed by atoms with Gasteiger partial charge in [0.15, 0.2) is 10.8 Å². The van der Waals surface area contributed by atoms with Gasteiger partial charge in [-0.3, -0.25) is 4.79 Å². The predicted octanol–water partition coefficient (Wildman–Crippen LogP) is 2.52. The smallest absolute Gasteiger partial charge is 0.253 e. The number of hydrogen-bond donors (Lipinski definition) is 3. The first-order valence-corrected chi connectivity index (χ1v) is 10.8. The van der Waals surface area contributed by atoms with Crippen LogP contribution in [0.25, 0.3) is 21.9 Å². The molecule has 0 spiro atoms. The number of carbonyl (C=O) groups excluding carboxylic acids is 1. The molecule has 0 atom stereocenters. The van der Waals surface area contributed by atoms with Gasteiger partial charge < -0.3 is 20.4 Å². The molecule has 0 aliphatic heterocycles. The highest BCUT2D eigenvalue weighted by Gasteiger charge is 2.14. The maximum absolute atomic E-state index is 12.6. The van der Waals surface area contributed by atoms with Crippen molar-refractivity contribution in [2.24, 2.45) is 0 Å². The molecule has 10 heteroatoms. The Balaban J connectivity index is 1.47. The van der Waals surface area contributed by atoms with Gasteiger partial charge in [0, 0.05) is 37.3 Å². The van der Waals surface area contributed by atoms with Gasteiger partial charge in [-0.05, 0) is 12.3 Å². The molecule has 156 valence electrons. The number of amides is 1. The van der Waals surface area contributed by atoms with Crippen molar-refractivity contribution in [2.75, 3.05) is 38.4 Å². The summed E-state index contributed by atoms with van der Waals surface area (Å²) >= 11 is 1.47. The van der Waals surface area contributed by atoms with Crippen molar-refractivity contribution >= 4 is 45.4 Å². The van der Waals surface area contributed by atoms with E-state index in [0.29, 0.717) is 37.0 Å². The van der Waals surface area contributed by atoms with Gasteiger partial charge in [0.05, 0.1) is 30.3 Å². The quantitative estimate of drug-likeness (QED) is 0.215. The molecular formula is C20H23N7O2S. The summed E-state index contributed by atoms with van der Waals surface area (Å²) in [6.07, 6.45) is 5.41. The van der Waals surface area contributed by atoms with E-state index in [4.69, 9.17) is 4.74 Å². The van der Waals surface area contributed by atoms with Crippen LogP contribution in [0.5, 0.6) is 0 Å². The second kappa shape index (κ2) is 9.14. The van der Waals surface area contributed by atoms with Gasteiger partial charge in [-0.15, -0.1) is 0 Å². The van der Waals surface area contributed by atoms with Crippen LogP contribution in [0, 0.1) is 0 Å². The standard InChI is InChI=1S/C20H23N7O2S/c1-29-10-8-21-17-15-12-24-27(18(15)26-20(25-17)30-2)9-7-22-19(28)14-11-23-16-6-4-3-5-13(14)16/h3-6,11-12,23H,7-10H2,1-2H3,(H,22,28)(H,21,25,26). The van der Waals surface area contributed by atoms with Crippen molar-refractivity contribution in [3.63, 3.8) is 0 Å². The van der Waals surface area contributed by atoms with E-state index < -0.39 is 0 Å². The first kappa shape index (κ1) is 20.2. The van der Waals surface area contributed by atoms with Crippen LogP contribution in [0.3, 0.4) is 0 Å². The summed E-state index contributed by atoms with van der Waals surface area (Å²) in [5.74, 6) is 0.612. The third-order valence-corrected chi connectivity index (χ3v) is 5.25. The molecule has 0 radical (unpaired) electrons. The van der Waals surface area contributed by atoms with Crippen LogP contribution in [-0.2, 0) is 11.3 Å². The summed E-state index contributed by atoms with van der Waals surface area (Å²) in [5, 5.41) is 13.1. The Morgan fingerprint density at radius 3 is 2.93 bits per heavy atom. The third-order valence-electron chi connectivity index (χ3n) is 4.70. The Morgan fingerprint density at radius 1 is 1.23 bits per heavy atom. The molecule has 3 aromatic heterocycles. The van der Waals surface area contributed by atoms with Crippen LogP contribution in [0.15, 0.2) is 41.8 Å². The summed E-state index contributed by atoms with van der Waals surface area (Å²) in [5.41, 5.74) is 2.30. The lowest BCUT2D eigenvalue weighted by atomic mass is 10.1. The van der Waals surface area contributed by atoms with Crippen LogP contribution in [0.1, 0.15) is 10.4 Å². The lowest BCUT2D eigenvalue weighted by molar-refractivity contribution is 0.0953. The lowest BCUT2D eigenvalue weighted by Crippen LogP contribution is -2.27. The maximum atomic E-state index is 12.6. The molecule has 9 nitrogen and oxygen atoms in total. The fraction of sp³-hybridized carbons (Fsp3) is 0.300. The number of anilines is 1. The number of ether oxygens (including phenoxy) is 1. The minimum Gasteiger partial charge on any atom is -0.383 e. The average molecular weight is 426 g/mol. The highest BCUT2D eigenvalue weighted by atomic mass is 32.2. The first-order chi connectivity index (χ1) is 14.7. The minimum atomic E-state index is -0.120. The first-order valence-electron chi connectivity index (χ1n) is 9.56. The molecule has 0 saturated carbocycles. The van der Waals surface area contributed by atoms with E-state index in [1.54, 1.807) is 24.2 Å². The molecule has 0 aliphatic carbocycles. The van der Waals surface area contributed by atoms with Crippen LogP contribution in [-0.4, -0.2) is 63.7 Å². The fourth-order valence-electron chi connectivity index (χ4n) is 3.23. The summed E-state index contributed by atoms with van der Waals surface area (Å²) in [6, 6.07) is 7.74. The summed E-state index contributed by atoms with van der Waals surface area (Å²) in [6.45, 7) is 2.15. The Morgan fingerprint density at radius 2 is 2.10 bits per heavy atom. The zero-order valence-electron chi connectivity index (χ0n) is 16.8. The number of H-pyrrole nitrogens is 1. The number of carbonyl (C=O) groups is 1. The number of rotatable bonds is 9. The SMILES string of the molecule is COCCNc1nc(SC)nc2c1cnn2CCNC(=O)c1c[nH]c2ccccc12. The fourth-order valence-corrected chi connectivity index (χ4v) is 3.59. The minimum absolute atomic E-state index is 0.120. The average Bonchev–Trinajstić information content (AvgIpc) is 3.38. The summed E-state index contributed by atoms with van der Waals surface area (Å²) in [4.78, 5) is 24.9. The van der Waals surface area contributed by atoms with Crippen molar-refractivity contribution in [1.29, 1.82) is 0 Å². The number of nitrogens with one attached hydrogen (secondary N) is 3. The van der Waals surface area contributed by atoms with Gasteiger partial charge in [-0.1, -0.05) is 30.0 Å². The molecule has 3 heterocycles. The van der Waals surface area contributed by atoms with E-state index >= 15 is 0 Å². The van der Waals surface area contributed by atoms with Crippen LogP contribution in [0.2, 0.25) is 0 Å². The number of hydrogen-bond acceptors (Lipinski definition) is 7. The van der Waals surface area contributed by atoms with E-state index in [-0.39, 0.29) is 5.91 Å². The van der Waals surface area contributed by atoms with E-state index in [9.17, 15) is 4.79 Å². The molecule has 0 aliphatic rings. The molecule has 1 amide bonds. The molecule has 0 saturated heterocycles.